The molecule has 0 fully saturated rings. The fraction of sp³-hybridized carbons (Fsp3) is 0. The van der Waals surface area contributed by atoms with E-state index in [1.165, 1.54) is 0 Å². The number of hydrogen-bond donors (Lipinski definition) is 3. The first-order valence-corrected chi connectivity index (χ1v) is 8.74. The van der Waals surface area contributed by atoms with Crippen LogP contribution in [0.5, 0.6) is 0 Å². The summed E-state index contributed by atoms with van der Waals surface area (Å²) < 4.78 is 0. The molecule has 0 bridgehead atoms. The summed E-state index contributed by atoms with van der Waals surface area (Å²) in [4.78, 5) is 36.9. The van der Waals surface area contributed by atoms with Crippen molar-refractivity contribution in [3.05, 3.63) is 101 Å². The van der Waals surface area contributed by atoms with E-state index in [4.69, 9.17) is 11.6 Å². The van der Waals surface area contributed by atoms with Gasteiger partial charge in [-0.15, -0.1) is 0 Å². The standard InChI is InChI=1S/C21H16ClN3O3/c22-16-12-10-15(11-13-16)19(26)23-18-9-5-4-8-17(18)21(28)25-24-20(27)14-6-2-1-3-7-14/h1-13H,(H,23,26)(H,24,27)(H,25,28). The number of amides is 3. The fourth-order valence-corrected chi connectivity index (χ4v) is 2.55. The summed E-state index contributed by atoms with van der Waals surface area (Å²) in [5, 5.41) is 3.21. The Balaban J connectivity index is 1.69. The van der Waals surface area contributed by atoms with Crippen LogP contribution in [0.15, 0.2) is 78.9 Å². The van der Waals surface area contributed by atoms with Gasteiger partial charge < -0.3 is 5.32 Å². The summed E-state index contributed by atoms with van der Waals surface area (Å²) in [5.74, 6) is -1.39. The Kier molecular flexibility index (Phi) is 6.04. The quantitative estimate of drug-likeness (QED) is 0.591. The van der Waals surface area contributed by atoms with Crippen LogP contribution in [-0.2, 0) is 0 Å². The van der Waals surface area contributed by atoms with E-state index < -0.39 is 11.8 Å². The minimum absolute atomic E-state index is 0.207. The topological polar surface area (TPSA) is 87.3 Å². The third-order valence-corrected chi connectivity index (χ3v) is 4.10. The molecule has 0 heterocycles. The molecule has 0 aliphatic heterocycles. The molecule has 0 aliphatic carbocycles. The van der Waals surface area contributed by atoms with Crippen molar-refractivity contribution in [3.8, 4) is 0 Å². The van der Waals surface area contributed by atoms with Gasteiger partial charge in [0.2, 0.25) is 0 Å². The van der Waals surface area contributed by atoms with Crippen LogP contribution in [0, 0.1) is 0 Å². The third-order valence-electron chi connectivity index (χ3n) is 3.85. The number of hydrogen-bond acceptors (Lipinski definition) is 3. The lowest BCUT2D eigenvalue weighted by Gasteiger charge is -2.12. The first-order chi connectivity index (χ1) is 13.5. The molecule has 0 saturated carbocycles. The predicted molar refractivity (Wildman–Crippen MR) is 107 cm³/mol. The largest absolute Gasteiger partial charge is 0.321 e. The highest BCUT2D eigenvalue weighted by atomic mass is 35.5. The van der Waals surface area contributed by atoms with Gasteiger partial charge in [0.05, 0.1) is 11.3 Å². The highest BCUT2D eigenvalue weighted by molar-refractivity contribution is 6.30. The summed E-state index contributed by atoms with van der Waals surface area (Å²) in [7, 11) is 0. The molecular weight excluding hydrogens is 378 g/mol. The van der Waals surface area contributed by atoms with Crippen LogP contribution in [0.1, 0.15) is 31.1 Å². The molecule has 0 aromatic heterocycles. The number of hydrazine groups is 1. The maximum absolute atomic E-state index is 12.5. The highest BCUT2D eigenvalue weighted by Crippen LogP contribution is 2.17. The van der Waals surface area contributed by atoms with Gasteiger partial charge in [0, 0.05) is 16.1 Å². The van der Waals surface area contributed by atoms with E-state index in [1.54, 1.807) is 78.9 Å². The normalized spacial score (nSPS) is 10.0. The van der Waals surface area contributed by atoms with Gasteiger partial charge in [0.25, 0.3) is 17.7 Å². The van der Waals surface area contributed by atoms with Gasteiger partial charge in [-0.25, -0.2) is 0 Å². The average molecular weight is 394 g/mol. The van der Waals surface area contributed by atoms with E-state index in [9.17, 15) is 14.4 Å². The van der Waals surface area contributed by atoms with Crippen molar-refractivity contribution < 1.29 is 14.4 Å². The van der Waals surface area contributed by atoms with Crippen molar-refractivity contribution in [1.29, 1.82) is 0 Å². The van der Waals surface area contributed by atoms with Gasteiger partial charge >= 0.3 is 0 Å². The van der Waals surface area contributed by atoms with Crippen molar-refractivity contribution in [1.82, 2.24) is 10.9 Å². The van der Waals surface area contributed by atoms with Crippen molar-refractivity contribution in [2.75, 3.05) is 5.32 Å². The summed E-state index contributed by atoms with van der Waals surface area (Å²) >= 11 is 5.83. The zero-order valence-electron chi connectivity index (χ0n) is 14.6. The Morgan fingerprint density at radius 3 is 1.89 bits per heavy atom. The predicted octanol–water partition coefficient (Wildman–Crippen LogP) is 3.67. The maximum atomic E-state index is 12.5. The fourth-order valence-electron chi connectivity index (χ4n) is 2.43. The second-order valence-corrected chi connectivity index (χ2v) is 6.22. The SMILES string of the molecule is O=C(NNC(=O)c1ccccc1NC(=O)c1ccc(Cl)cc1)c1ccccc1. The number of anilines is 1. The highest BCUT2D eigenvalue weighted by Gasteiger charge is 2.15. The molecule has 0 spiro atoms. The molecule has 6 nitrogen and oxygen atoms in total. The molecule has 0 radical (unpaired) electrons. The van der Waals surface area contributed by atoms with Gasteiger partial charge in [-0.05, 0) is 48.5 Å². The second-order valence-electron chi connectivity index (χ2n) is 5.78. The molecule has 0 unspecified atom stereocenters. The average Bonchev–Trinajstić information content (AvgIpc) is 2.73. The first kappa shape index (κ1) is 19.1. The zero-order chi connectivity index (χ0) is 19.9. The Morgan fingerprint density at radius 1 is 0.607 bits per heavy atom. The Hall–Kier alpha value is -3.64. The van der Waals surface area contributed by atoms with Crippen LogP contribution in [0.4, 0.5) is 5.69 Å². The lowest BCUT2D eigenvalue weighted by atomic mass is 10.1. The van der Waals surface area contributed by atoms with Crippen molar-refractivity contribution in [2.45, 2.75) is 0 Å². The van der Waals surface area contributed by atoms with E-state index >= 15 is 0 Å². The van der Waals surface area contributed by atoms with Gasteiger partial charge in [-0.2, -0.15) is 0 Å². The number of carbonyl (C=O) groups excluding carboxylic acids is 3. The zero-order valence-corrected chi connectivity index (χ0v) is 15.4. The van der Waals surface area contributed by atoms with E-state index in [2.05, 4.69) is 16.2 Å². The van der Waals surface area contributed by atoms with Crippen LogP contribution >= 0.6 is 11.6 Å². The number of benzene rings is 3. The molecule has 28 heavy (non-hydrogen) atoms. The smallest absolute Gasteiger partial charge is 0.271 e. The van der Waals surface area contributed by atoms with Gasteiger partial charge in [-0.3, -0.25) is 25.2 Å². The summed E-state index contributed by atoms with van der Waals surface area (Å²) in [6.07, 6.45) is 0. The lowest BCUT2D eigenvalue weighted by molar-refractivity contribution is 0.0847. The molecule has 140 valence electrons. The number of nitrogens with one attached hydrogen (secondary N) is 3. The molecule has 7 heteroatoms. The summed E-state index contributed by atoms with van der Waals surface area (Å²) in [6.45, 7) is 0. The summed E-state index contributed by atoms with van der Waals surface area (Å²) in [5.41, 5.74) is 6.03. The Bertz CT molecular complexity index is 1000. The minimum atomic E-state index is -0.559. The lowest BCUT2D eigenvalue weighted by Crippen LogP contribution is -2.41. The Morgan fingerprint density at radius 2 is 1.18 bits per heavy atom. The number of rotatable bonds is 4. The van der Waals surface area contributed by atoms with E-state index in [0.717, 1.165) is 0 Å². The molecule has 3 aromatic carbocycles. The molecule has 3 amide bonds. The van der Waals surface area contributed by atoms with Crippen LogP contribution < -0.4 is 16.2 Å². The van der Waals surface area contributed by atoms with Crippen molar-refractivity contribution >= 4 is 35.0 Å². The first-order valence-electron chi connectivity index (χ1n) is 8.36. The number of halogens is 1. The van der Waals surface area contributed by atoms with Crippen LogP contribution in [0.25, 0.3) is 0 Å². The monoisotopic (exact) mass is 393 g/mol. The van der Waals surface area contributed by atoms with Gasteiger partial charge in [-0.1, -0.05) is 41.9 Å². The van der Waals surface area contributed by atoms with Crippen LogP contribution in [0.3, 0.4) is 0 Å². The molecule has 3 aromatic rings. The van der Waals surface area contributed by atoms with E-state index in [0.29, 0.717) is 21.8 Å². The van der Waals surface area contributed by atoms with Crippen LogP contribution in [0.2, 0.25) is 5.02 Å². The van der Waals surface area contributed by atoms with Crippen molar-refractivity contribution in [3.63, 3.8) is 0 Å². The number of carbonyl (C=O) groups is 3. The second kappa shape index (κ2) is 8.83. The Labute approximate surface area is 166 Å². The molecule has 3 N–H and O–H groups in total. The van der Waals surface area contributed by atoms with Gasteiger partial charge in [0.15, 0.2) is 0 Å². The van der Waals surface area contributed by atoms with E-state index in [-0.39, 0.29) is 11.5 Å². The number of para-hydroxylation sites is 1. The molecule has 3 rings (SSSR count). The molecule has 0 atom stereocenters. The maximum Gasteiger partial charge on any atom is 0.271 e. The third kappa shape index (κ3) is 4.75. The molecular formula is C21H16ClN3O3. The van der Waals surface area contributed by atoms with Crippen LogP contribution in [-0.4, -0.2) is 17.7 Å². The van der Waals surface area contributed by atoms with E-state index in [1.807, 2.05) is 0 Å². The molecule has 0 aliphatic rings. The van der Waals surface area contributed by atoms with Gasteiger partial charge in [0.1, 0.15) is 0 Å². The minimum Gasteiger partial charge on any atom is -0.321 e. The summed E-state index contributed by atoms with van der Waals surface area (Å²) in [6, 6.07) is 21.4. The van der Waals surface area contributed by atoms with Crippen molar-refractivity contribution in [2.24, 2.45) is 0 Å². The molecule has 0 saturated heterocycles.